The Morgan fingerprint density at radius 3 is 2.53 bits per heavy atom. The Morgan fingerprint density at radius 2 is 1.79 bits per heavy atom. The fraction of sp³-hybridized carbons (Fsp3) is 0.188. The average Bonchev–Trinajstić information content (AvgIpc) is 2.72. The van der Waals surface area contributed by atoms with Crippen LogP contribution in [0.3, 0.4) is 0 Å². The lowest BCUT2D eigenvalue weighted by Crippen LogP contribution is -2.08. The molecule has 0 amide bonds. The van der Waals surface area contributed by atoms with Crippen molar-refractivity contribution in [3.8, 4) is 11.1 Å². The first kappa shape index (κ1) is 11.9. The van der Waals surface area contributed by atoms with Crippen LogP contribution in [-0.2, 0) is 0 Å². The fourth-order valence-corrected chi connectivity index (χ4v) is 2.51. The molecular formula is C16H14FNO. The van der Waals surface area contributed by atoms with Gasteiger partial charge in [0.25, 0.3) is 0 Å². The minimum absolute atomic E-state index is 0.0938. The van der Waals surface area contributed by atoms with Crippen molar-refractivity contribution in [1.82, 2.24) is 0 Å². The molecule has 96 valence electrons. The van der Waals surface area contributed by atoms with Crippen LogP contribution in [0, 0.1) is 5.82 Å². The van der Waals surface area contributed by atoms with Gasteiger partial charge in [-0.3, -0.25) is 4.79 Å². The van der Waals surface area contributed by atoms with E-state index < -0.39 is 0 Å². The van der Waals surface area contributed by atoms with Gasteiger partial charge in [-0.1, -0.05) is 37.3 Å². The molecule has 2 aromatic rings. The predicted molar refractivity (Wildman–Crippen MR) is 74.0 cm³/mol. The average molecular weight is 255 g/mol. The van der Waals surface area contributed by atoms with Crippen LogP contribution in [-0.4, -0.2) is 12.3 Å². The number of carbonyl (C=O) groups is 1. The zero-order chi connectivity index (χ0) is 13.4. The maximum Gasteiger partial charge on any atom is 0.196 e. The van der Waals surface area contributed by atoms with E-state index in [-0.39, 0.29) is 11.6 Å². The Labute approximate surface area is 111 Å². The number of rotatable bonds is 3. The van der Waals surface area contributed by atoms with E-state index in [1.54, 1.807) is 12.1 Å². The van der Waals surface area contributed by atoms with Crippen LogP contribution >= 0.6 is 0 Å². The molecule has 0 atom stereocenters. The molecule has 19 heavy (non-hydrogen) atoms. The zero-order valence-corrected chi connectivity index (χ0v) is 10.7. The molecule has 0 aromatic heterocycles. The minimum atomic E-state index is -0.367. The molecule has 1 aliphatic carbocycles. The smallest absolute Gasteiger partial charge is 0.196 e. The summed E-state index contributed by atoms with van der Waals surface area (Å²) in [6, 6.07) is 10.5. The monoisotopic (exact) mass is 255 g/mol. The second kappa shape index (κ2) is 4.50. The summed E-state index contributed by atoms with van der Waals surface area (Å²) in [7, 11) is 0. The van der Waals surface area contributed by atoms with E-state index >= 15 is 0 Å². The quantitative estimate of drug-likeness (QED) is 0.770. The maximum absolute atomic E-state index is 13.9. The van der Waals surface area contributed by atoms with Gasteiger partial charge < -0.3 is 5.32 Å². The van der Waals surface area contributed by atoms with Crippen molar-refractivity contribution in [1.29, 1.82) is 0 Å². The number of benzene rings is 2. The van der Waals surface area contributed by atoms with E-state index in [9.17, 15) is 9.18 Å². The Bertz CT molecular complexity index is 664. The van der Waals surface area contributed by atoms with E-state index in [1.165, 1.54) is 6.07 Å². The molecule has 0 radical (unpaired) electrons. The number of ketones is 1. The topological polar surface area (TPSA) is 29.1 Å². The molecule has 0 saturated heterocycles. The van der Waals surface area contributed by atoms with E-state index in [0.717, 1.165) is 17.5 Å². The molecule has 0 unspecified atom stereocenters. The Morgan fingerprint density at radius 1 is 1.05 bits per heavy atom. The number of fused-ring (bicyclic) bond motifs is 3. The number of hydrogen-bond acceptors (Lipinski definition) is 2. The molecule has 3 rings (SSSR count). The third-order valence-electron chi connectivity index (χ3n) is 3.40. The first-order valence-corrected chi connectivity index (χ1v) is 6.44. The van der Waals surface area contributed by atoms with Crippen LogP contribution in [0.5, 0.6) is 0 Å². The van der Waals surface area contributed by atoms with Crippen LogP contribution in [0.4, 0.5) is 10.1 Å². The first-order valence-electron chi connectivity index (χ1n) is 6.44. The molecule has 0 bridgehead atoms. The van der Waals surface area contributed by atoms with Crippen LogP contribution in [0.15, 0.2) is 36.4 Å². The fourth-order valence-electron chi connectivity index (χ4n) is 2.51. The predicted octanol–water partition coefficient (Wildman–Crippen LogP) is 3.86. The highest BCUT2D eigenvalue weighted by Gasteiger charge is 2.30. The molecular weight excluding hydrogens is 241 g/mol. The number of anilines is 1. The molecule has 0 saturated carbocycles. The third kappa shape index (κ3) is 1.73. The number of hydrogen-bond donors (Lipinski definition) is 1. The highest BCUT2D eigenvalue weighted by Crippen LogP contribution is 2.41. The van der Waals surface area contributed by atoms with Gasteiger partial charge in [-0.25, -0.2) is 4.39 Å². The summed E-state index contributed by atoms with van der Waals surface area (Å²) in [5, 5.41) is 3.03. The zero-order valence-electron chi connectivity index (χ0n) is 10.7. The SMILES string of the molecule is CCCNc1c(F)ccc2c1C(=O)c1ccccc1-2. The Hall–Kier alpha value is -2.16. The van der Waals surface area contributed by atoms with Crippen molar-refractivity contribution < 1.29 is 9.18 Å². The summed E-state index contributed by atoms with van der Waals surface area (Å²) in [5.41, 5.74) is 3.17. The Balaban J connectivity index is 2.20. The molecule has 0 fully saturated rings. The summed E-state index contributed by atoms with van der Waals surface area (Å²) in [6.07, 6.45) is 0.879. The molecule has 2 nitrogen and oxygen atoms in total. The van der Waals surface area contributed by atoms with E-state index in [0.29, 0.717) is 23.4 Å². The summed E-state index contributed by atoms with van der Waals surface area (Å²) < 4.78 is 13.9. The van der Waals surface area contributed by atoms with Crippen LogP contribution in [0.1, 0.15) is 29.3 Å². The van der Waals surface area contributed by atoms with Crippen molar-refractivity contribution in [2.24, 2.45) is 0 Å². The highest BCUT2D eigenvalue weighted by atomic mass is 19.1. The van der Waals surface area contributed by atoms with Crippen molar-refractivity contribution in [2.75, 3.05) is 11.9 Å². The van der Waals surface area contributed by atoms with Gasteiger partial charge in [0.15, 0.2) is 5.78 Å². The van der Waals surface area contributed by atoms with Gasteiger partial charge in [-0.2, -0.15) is 0 Å². The van der Waals surface area contributed by atoms with Crippen LogP contribution in [0.2, 0.25) is 0 Å². The lowest BCUT2D eigenvalue weighted by Gasteiger charge is -2.11. The van der Waals surface area contributed by atoms with Gasteiger partial charge in [-0.15, -0.1) is 0 Å². The standard InChI is InChI=1S/C16H14FNO/c1-2-9-18-15-13(17)8-7-11-10-5-3-4-6-12(10)16(19)14(11)15/h3-8,18H,2,9H2,1H3. The normalized spacial score (nSPS) is 12.2. The van der Waals surface area contributed by atoms with Gasteiger partial charge >= 0.3 is 0 Å². The third-order valence-corrected chi connectivity index (χ3v) is 3.40. The second-order valence-corrected chi connectivity index (χ2v) is 4.65. The molecule has 1 aliphatic rings. The Kier molecular flexibility index (Phi) is 2.82. The van der Waals surface area contributed by atoms with Gasteiger partial charge in [0, 0.05) is 12.1 Å². The van der Waals surface area contributed by atoms with Crippen molar-refractivity contribution >= 4 is 11.5 Å². The summed E-state index contributed by atoms with van der Waals surface area (Å²) in [6.45, 7) is 2.65. The van der Waals surface area contributed by atoms with E-state index in [1.807, 2.05) is 25.1 Å². The van der Waals surface area contributed by atoms with Gasteiger partial charge in [0.05, 0.1) is 11.3 Å². The molecule has 3 heteroatoms. The summed E-state index contributed by atoms with van der Waals surface area (Å²) >= 11 is 0. The van der Waals surface area contributed by atoms with Crippen molar-refractivity contribution in [2.45, 2.75) is 13.3 Å². The molecule has 0 spiro atoms. The van der Waals surface area contributed by atoms with E-state index in [4.69, 9.17) is 0 Å². The lowest BCUT2D eigenvalue weighted by molar-refractivity contribution is 0.104. The minimum Gasteiger partial charge on any atom is -0.382 e. The molecule has 2 aromatic carbocycles. The van der Waals surface area contributed by atoms with Gasteiger partial charge in [0.2, 0.25) is 0 Å². The maximum atomic E-state index is 13.9. The first-order chi connectivity index (χ1) is 9.24. The molecule has 0 heterocycles. The summed E-state index contributed by atoms with van der Waals surface area (Å²) in [4.78, 5) is 12.4. The van der Waals surface area contributed by atoms with Gasteiger partial charge in [-0.05, 0) is 23.6 Å². The lowest BCUT2D eigenvalue weighted by atomic mass is 10.0. The van der Waals surface area contributed by atoms with E-state index in [2.05, 4.69) is 5.32 Å². The van der Waals surface area contributed by atoms with Gasteiger partial charge in [0.1, 0.15) is 5.82 Å². The highest BCUT2D eigenvalue weighted by molar-refractivity contribution is 6.24. The largest absolute Gasteiger partial charge is 0.382 e. The number of nitrogens with one attached hydrogen (secondary N) is 1. The molecule has 1 N–H and O–H groups in total. The molecule has 0 aliphatic heterocycles. The second-order valence-electron chi connectivity index (χ2n) is 4.65. The van der Waals surface area contributed by atoms with Crippen molar-refractivity contribution in [3.05, 3.63) is 53.3 Å². The van der Waals surface area contributed by atoms with Crippen LogP contribution in [0.25, 0.3) is 11.1 Å². The van der Waals surface area contributed by atoms with Crippen LogP contribution < -0.4 is 5.32 Å². The number of carbonyl (C=O) groups excluding carboxylic acids is 1. The summed E-state index contributed by atoms with van der Waals surface area (Å²) in [5.74, 6) is -0.461. The number of halogens is 1. The van der Waals surface area contributed by atoms with Crippen molar-refractivity contribution in [3.63, 3.8) is 0 Å².